The monoisotopic (exact) mass is 444 g/mol. The lowest BCUT2D eigenvalue weighted by Gasteiger charge is -2.37. The highest BCUT2D eigenvalue weighted by atomic mass is 16.5. The molecule has 0 aliphatic carbocycles. The smallest absolute Gasteiger partial charge is 0.331 e. The van der Waals surface area contributed by atoms with Crippen LogP contribution in [0.4, 0.5) is 10.6 Å². The number of aliphatic imine (C=N–C) groups is 1. The van der Waals surface area contributed by atoms with E-state index in [9.17, 15) is 9.59 Å². The molecule has 168 valence electrons. The number of urea groups is 1. The summed E-state index contributed by atoms with van der Waals surface area (Å²) in [6, 6.07) is 16.8. The molecule has 2 aliphatic rings. The van der Waals surface area contributed by atoms with Crippen molar-refractivity contribution >= 4 is 23.6 Å². The zero-order valence-electron chi connectivity index (χ0n) is 18.3. The predicted molar refractivity (Wildman–Crippen MR) is 124 cm³/mol. The number of methoxy groups -OCH3 is 1. The first kappa shape index (κ1) is 20.7. The number of carbonyl (C=O) groups is 2. The molecule has 9 heteroatoms. The Morgan fingerprint density at radius 2 is 1.91 bits per heavy atom. The molecule has 0 radical (unpaired) electrons. The summed E-state index contributed by atoms with van der Waals surface area (Å²) in [7, 11) is 1.61. The van der Waals surface area contributed by atoms with Gasteiger partial charge >= 0.3 is 6.03 Å². The van der Waals surface area contributed by atoms with Gasteiger partial charge in [0, 0.05) is 19.6 Å². The van der Waals surface area contributed by atoms with Gasteiger partial charge in [0.25, 0.3) is 0 Å². The summed E-state index contributed by atoms with van der Waals surface area (Å²) in [6.07, 6.45) is 2.50. The molecule has 1 N–H and O–H groups in total. The highest BCUT2D eigenvalue weighted by Crippen LogP contribution is 2.32. The first-order valence-corrected chi connectivity index (χ1v) is 10.8. The molecule has 0 atom stereocenters. The number of amides is 3. The summed E-state index contributed by atoms with van der Waals surface area (Å²) in [5.41, 5.74) is 2.50. The topological polar surface area (TPSA) is 92.1 Å². The van der Waals surface area contributed by atoms with Crippen molar-refractivity contribution in [3.8, 4) is 11.4 Å². The van der Waals surface area contributed by atoms with E-state index in [-0.39, 0.29) is 18.5 Å². The molecule has 5 rings (SSSR count). The van der Waals surface area contributed by atoms with Gasteiger partial charge in [0.2, 0.25) is 5.91 Å². The minimum absolute atomic E-state index is 0.121. The van der Waals surface area contributed by atoms with E-state index in [4.69, 9.17) is 4.74 Å². The fourth-order valence-electron chi connectivity index (χ4n) is 4.06. The van der Waals surface area contributed by atoms with E-state index in [1.807, 2.05) is 54.6 Å². The van der Waals surface area contributed by atoms with Crippen molar-refractivity contribution in [1.82, 2.24) is 20.0 Å². The highest BCUT2D eigenvalue weighted by Gasteiger charge is 2.40. The number of carbonyl (C=O) groups excluding carboxylic acids is 2. The van der Waals surface area contributed by atoms with Crippen molar-refractivity contribution in [2.75, 3.05) is 31.6 Å². The maximum atomic E-state index is 13.4. The van der Waals surface area contributed by atoms with E-state index < -0.39 is 0 Å². The van der Waals surface area contributed by atoms with Crippen LogP contribution in [0.5, 0.6) is 5.75 Å². The number of ether oxygens (including phenoxy) is 1. The predicted octanol–water partition coefficient (Wildman–Crippen LogP) is 2.59. The second kappa shape index (κ2) is 8.78. The Labute approximate surface area is 191 Å². The van der Waals surface area contributed by atoms with Gasteiger partial charge in [0.15, 0.2) is 5.82 Å². The van der Waals surface area contributed by atoms with E-state index in [2.05, 4.69) is 15.4 Å². The number of nitrogens with zero attached hydrogens (tertiary/aromatic N) is 5. The van der Waals surface area contributed by atoms with Crippen molar-refractivity contribution in [1.29, 1.82) is 0 Å². The van der Waals surface area contributed by atoms with Gasteiger partial charge in [-0.3, -0.25) is 19.6 Å². The Kier molecular flexibility index (Phi) is 5.52. The van der Waals surface area contributed by atoms with Gasteiger partial charge in [-0.05, 0) is 36.2 Å². The van der Waals surface area contributed by atoms with Gasteiger partial charge in [-0.15, -0.1) is 0 Å². The van der Waals surface area contributed by atoms with Crippen LogP contribution >= 0.6 is 0 Å². The normalized spacial score (nSPS) is 14.9. The average molecular weight is 444 g/mol. The van der Waals surface area contributed by atoms with E-state index >= 15 is 0 Å². The number of benzene rings is 2. The Morgan fingerprint density at radius 3 is 2.67 bits per heavy atom. The third-order valence-electron chi connectivity index (χ3n) is 5.71. The first-order chi connectivity index (χ1) is 16.2. The number of para-hydroxylation sites is 1. The molecule has 0 saturated heterocycles. The minimum Gasteiger partial charge on any atom is -0.497 e. The number of amidine groups is 1. The molecule has 2 aliphatic heterocycles. The lowest BCUT2D eigenvalue weighted by molar-refractivity contribution is -0.119. The molecule has 0 unspecified atom stereocenters. The molecule has 3 aromatic rings. The zero-order chi connectivity index (χ0) is 22.8. The van der Waals surface area contributed by atoms with Gasteiger partial charge in [0.1, 0.15) is 18.1 Å². The molecule has 0 saturated carbocycles. The Bertz CT molecular complexity index is 1200. The summed E-state index contributed by atoms with van der Waals surface area (Å²) in [4.78, 5) is 34.0. The van der Waals surface area contributed by atoms with Gasteiger partial charge in [0.05, 0.1) is 24.6 Å². The quantitative estimate of drug-likeness (QED) is 0.633. The van der Waals surface area contributed by atoms with Crippen molar-refractivity contribution in [2.45, 2.75) is 13.0 Å². The maximum Gasteiger partial charge on any atom is 0.331 e. The van der Waals surface area contributed by atoms with E-state index in [1.54, 1.807) is 22.9 Å². The van der Waals surface area contributed by atoms with Crippen LogP contribution in [-0.2, 0) is 11.3 Å². The van der Waals surface area contributed by atoms with E-state index in [0.717, 1.165) is 29.0 Å². The Morgan fingerprint density at radius 1 is 1.12 bits per heavy atom. The fourth-order valence-corrected chi connectivity index (χ4v) is 4.06. The summed E-state index contributed by atoms with van der Waals surface area (Å²) in [5, 5.41) is 7.44. The summed E-state index contributed by atoms with van der Waals surface area (Å²) in [5.74, 6) is 1.68. The lowest BCUT2D eigenvalue weighted by Crippen LogP contribution is -2.55. The summed E-state index contributed by atoms with van der Waals surface area (Å²) < 4.78 is 6.86. The second-order valence-electron chi connectivity index (χ2n) is 7.83. The molecule has 0 bridgehead atoms. The van der Waals surface area contributed by atoms with Crippen LogP contribution < -0.4 is 15.0 Å². The van der Waals surface area contributed by atoms with Gasteiger partial charge in [-0.1, -0.05) is 30.3 Å². The van der Waals surface area contributed by atoms with Crippen molar-refractivity contribution in [3.05, 3.63) is 71.9 Å². The van der Waals surface area contributed by atoms with Crippen molar-refractivity contribution < 1.29 is 14.3 Å². The first-order valence-electron chi connectivity index (χ1n) is 10.8. The van der Waals surface area contributed by atoms with Crippen molar-refractivity contribution in [3.63, 3.8) is 0 Å². The molecule has 2 aromatic carbocycles. The fraction of sp³-hybridized carbons (Fsp3) is 0.250. The molecule has 0 spiro atoms. The van der Waals surface area contributed by atoms with Crippen LogP contribution in [0.25, 0.3) is 5.69 Å². The maximum absolute atomic E-state index is 13.4. The SMILES string of the molecule is COc1ccc(CNC(=O)CN2C(=O)N3CCCN=C3c3cnn(-c4ccccc4)c32)cc1. The largest absolute Gasteiger partial charge is 0.497 e. The molecule has 3 amide bonds. The second-order valence-corrected chi connectivity index (χ2v) is 7.83. The number of hydrogen-bond acceptors (Lipinski definition) is 5. The molecule has 3 heterocycles. The lowest BCUT2D eigenvalue weighted by atomic mass is 10.1. The van der Waals surface area contributed by atoms with Crippen LogP contribution in [0, 0.1) is 0 Å². The molecule has 0 fully saturated rings. The van der Waals surface area contributed by atoms with E-state index in [0.29, 0.717) is 31.3 Å². The van der Waals surface area contributed by atoms with Crippen molar-refractivity contribution in [2.24, 2.45) is 4.99 Å². The van der Waals surface area contributed by atoms with Gasteiger partial charge in [-0.25, -0.2) is 9.48 Å². The average Bonchev–Trinajstić information content (AvgIpc) is 3.31. The van der Waals surface area contributed by atoms with Crippen LogP contribution in [0.2, 0.25) is 0 Å². The minimum atomic E-state index is -0.266. The Balaban J connectivity index is 1.42. The van der Waals surface area contributed by atoms with Crippen LogP contribution in [-0.4, -0.2) is 59.2 Å². The number of fused-ring (bicyclic) bond motifs is 3. The van der Waals surface area contributed by atoms with E-state index in [1.165, 1.54) is 4.90 Å². The van der Waals surface area contributed by atoms with Crippen LogP contribution in [0.1, 0.15) is 17.5 Å². The highest BCUT2D eigenvalue weighted by molar-refractivity contribution is 6.19. The summed E-state index contributed by atoms with van der Waals surface area (Å²) >= 11 is 0. The molecule has 9 nitrogen and oxygen atoms in total. The number of rotatable bonds is 6. The molecule has 1 aromatic heterocycles. The number of nitrogens with one attached hydrogen (secondary N) is 1. The number of aromatic nitrogens is 2. The van der Waals surface area contributed by atoms with Gasteiger partial charge < -0.3 is 10.1 Å². The molecular weight excluding hydrogens is 420 g/mol. The summed E-state index contributed by atoms with van der Waals surface area (Å²) in [6.45, 7) is 1.46. The van der Waals surface area contributed by atoms with Crippen LogP contribution in [0.15, 0.2) is 65.8 Å². The van der Waals surface area contributed by atoms with Gasteiger partial charge in [-0.2, -0.15) is 5.10 Å². The Hall–Kier alpha value is -4.14. The number of anilines is 1. The van der Waals surface area contributed by atoms with Crippen LogP contribution in [0.3, 0.4) is 0 Å². The zero-order valence-corrected chi connectivity index (χ0v) is 18.3. The molecule has 33 heavy (non-hydrogen) atoms. The standard InChI is InChI=1S/C24H24N6O3/c1-33-19-10-8-17(9-11-19)14-26-21(31)16-29-23-20(22-25-12-5-13-28(22)24(29)32)15-27-30(23)18-6-3-2-4-7-18/h2-4,6-11,15H,5,12-14,16H2,1H3,(H,26,31). The number of hydrogen-bond donors (Lipinski definition) is 1. The third kappa shape index (κ3) is 3.93. The molecular formula is C24H24N6O3. The third-order valence-corrected chi connectivity index (χ3v) is 5.71.